The van der Waals surface area contributed by atoms with Crippen LogP contribution < -0.4 is 5.32 Å². The summed E-state index contributed by atoms with van der Waals surface area (Å²) in [6, 6.07) is 15.8. The minimum atomic E-state index is -3.55. The van der Waals surface area contributed by atoms with Crippen molar-refractivity contribution >= 4 is 45.0 Å². The Labute approximate surface area is 197 Å². The van der Waals surface area contributed by atoms with E-state index in [2.05, 4.69) is 10.4 Å². The zero-order valence-corrected chi connectivity index (χ0v) is 19.4. The van der Waals surface area contributed by atoms with E-state index in [1.807, 2.05) is 18.2 Å². The van der Waals surface area contributed by atoms with Crippen LogP contribution in [-0.4, -0.2) is 41.5 Å². The van der Waals surface area contributed by atoms with E-state index in [9.17, 15) is 13.2 Å². The fourth-order valence-corrected chi connectivity index (χ4v) is 5.57. The van der Waals surface area contributed by atoms with Gasteiger partial charge in [-0.25, -0.2) is 8.42 Å². The second kappa shape index (κ2) is 9.62. The summed E-state index contributed by atoms with van der Waals surface area (Å²) in [5.41, 5.74) is 0.887. The van der Waals surface area contributed by atoms with Gasteiger partial charge in [-0.3, -0.25) is 9.48 Å². The molecule has 168 valence electrons. The molecule has 0 spiro atoms. The van der Waals surface area contributed by atoms with E-state index in [1.54, 1.807) is 47.3 Å². The van der Waals surface area contributed by atoms with E-state index in [0.29, 0.717) is 29.4 Å². The number of halogens is 2. The second-order valence-electron chi connectivity index (χ2n) is 7.60. The fraction of sp³-hybridized carbons (Fsp3) is 0.273. The Morgan fingerprint density at radius 2 is 1.66 bits per heavy atom. The molecule has 1 saturated heterocycles. The maximum atomic E-state index is 12.8. The standard InChI is InChI=1S/C22H22Cl2N4O3S/c23-19-9-5-4-6-17(19)14-27-15-20(24)21(26-27)25-22(29)16-10-12-28(13-11-16)32(30,31)18-7-2-1-3-8-18/h1-9,15-16H,10-14H2,(H,25,26,29). The Bertz CT molecular complexity index is 1210. The third-order valence-electron chi connectivity index (χ3n) is 5.45. The van der Waals surface area contributed by atoms with E-state index in [-0.39, 0.29) is 35.6 Å². The third-order valence-corrected chi connectivity index (χ3v) is 8.01. The van der Waals surface area contributed by atoms with Gasteiger partial charge in [-0.1, -0.05) is 59.6 Å². The minimum absolute atomic E-state index is 0.216. The number of sulfonamides is 1. The first-order chi connectivity index (χ1) is 15.3. The van der Waals surface area contributed by atoms with Crippen LogP contribution >= 0.6 is 23.2 Å². The molecular formula is C22H22Cl2N4O3S. The normalized spacial score (nSPS) is 15.6. The lowest BCUT2D eigenvalue weighted by atomic mass is 9.97. The monoisotopic (exact) mass is 492 g/mol. The number of anilines is 1. The predicted octanol–water partition coefficient (Wildman–Crippen LogP) is 4.28. The molecule has 1 aliphatic heterocycles. The summed E-state index contributed by atoms with van der Waals surface area (Å²) in [5, 5.41) is 8.10. The van der Waals surface area contributed by atoms with E-state index in [1.165, 1.54) is 4.31 Å². The van der Waals surface area contributed by atoms with Crippen molar-refractivity contribution in [1.82, 2.24) is 14.1 Å². The number of carbonyl (C=O) groups excluding carboxylic acids is 1. The Balaban J connectivity index is 1.36. The molecule has 4 rings (SSSR count). The maximum absolute atomic E-state index is 12.8. The summed E-state index contributed by atoms with van der Waals surface area (Å²) in [4.78, 5) is 13.0. The number of rotatable bonds is 6. The van der Waals surface area contributed by atoms with E-state index in [4.69, 9.17) is 23.2 Å². The highest BCUT2D eigenvalue weighted by Gasteiger charge is 2.32. The summed E-state index contributed by atoms with van der Waals surface area (Å²) in [7, 11) is -3.55. The summed E-state index contributed by atoms with van der Waals surface area (Å²) in [6.45, 7) is 0.985. The molecule has 2 heterocycles. The Hall–Kier alpha value is -2.39. The van der Waals surface area contributed by atoms with Crippen molar-refractivity contribution < 1.29 is 13.2 Å². The predicted molar refractivity (Wildman–Crippen MR) is 124 cm³/mol. The van der Waals surface area contributed by atoms with Gasteiger partial charge in [0.15, 0.2) is 5.82 Å². The van der Waals surface area contributed by atoms with Crippen LogP contribution in [0.3, 0.4) is 0 Å². The smallest absolute Gasteiger partial charge is 0.243 e. The lowest BCUT2D eigenvalue weighted by molar-refractivity contribution is -0.120. The number of hydrogen-bond donors (Lipinski definition) is 1. The molecule has 1 fully saturated rings. The van der Waals surface area contributed by atoms with Crippen LogP contribution in [0.2, 0.25) is 10.0 Å². The van der Waals surface area contributed by atoms with Gasteiger partial charge < -0.3 is 5.32 Å². The summed E-state index contributed by atoms with van der Waals surface area (Å²) < 4.78 is 28.6. The molecule has 1 aromatic heterocycles. The van der Waals surface area contributed by atoms with Gasteiger partial charge in [-0.15, -0.1) is 0 Å². The highest BCUT2D eigenvalue weighted by atomic mass is 35.5. The van der Waals surface area contributed by atoms with Crippen molar-refractivity contribution in [2.24, 2.45) is 5.92 Å². The zero-order valence-electron chi connectivity index (χ0n) is 17.1. The van der Waals surface area contributed by atoms with Gasteiger partial charge in [0.05, 0.1) is 11.4 Å². The third kappa shape index (κ3) is 4.99. The molecule has 2 aromatic carbocycles. The van der Waals surface area contributed by atoms with E-state index < -0.39 is 10.0 Å². The maximum Gasteiger partial charge on any atom is 0.243 e. The molecule has 32 heavy (non-hydrogen) atoms. The van der Waals surface area contributed by atoms with Gasteiger partial charge >= 0.3 is 0 Å². The van der Waals surface area contributed by atoms with Gasteiger partial charge in [-0.2, -0.15) is 9.40 Å². The minimum Gasteiger partial charge on any atom is -0.308 e. The molecule has 7 nitrogen and oxygen atoms in total. The average Bonchev–Trinajstić information content (AvgIpc) is 3.14. The number of carbonyl (C=O) groups is 1. The summed E-state index contributed by atoms with van der Waals surface area (Å²) in [5.74, 6) is -0.253. The number of nitrogens with zero attached hydrogens (tertiary/aromatic N) is 3. The number of aromatic nitrogens is 2. The topological polar surface area (TPSA) is 84.3 Å². The van der Waals surface area contributed by atoms with Gasteiger partial charge in [0.1, 0.15) is 5.02 Å². The van der Waals surface area contributed by atoms with Crippen molar-refractivity contribution in [1.29, 1.82) is 0 Å². The van der Waals surface area contributed by atoms with E-state index >= 15 is 0 Å². The highest BCUT2D eigenvalue weighted by molar-refractivity contribution is 7.89. The van der Waals surface area contributed by atoms with Crippen molar-refractivity contribution in [2.45, 2.75) is 24.3 Å². The van der Waals surface area contributed by atoms with Crippen LogP contribution in [0.1, 0.15) is 18.4 Å². The molecule has 0 bridgehead atoms. The van der Waals surface area contributed by atoms with Crippen molar-refractivity contribution in [3.8, 4) is 0 Å². The number of benzene rings is 2. The molecule has 0 unspecified atom stereocenters. The first kappa shape index (κ1) is 22.8. The number of amides is 1. The Morgan fingerprint density at radius 3 is 2.34 bits per heavy atom. The summed E-state index contributed by atoms with van der Waals surface area (Å²) in [6.07, 6.45) is 2.49. The Morgan fingerprint density at radius 1 is 1.00 bits per heavy atom. The molecule has 1 amide bonds. The van der Waals surface area contributed by atoms with Crippen LogP contribution in [0.25, 0.3) is 0 Å². The molecule has 0 aliphatic carbocycles. The van der Waals surface area contributed by atoms with Gasteiger partial charge in [0, 0.05) is 30.2 Å². The molecule has 1 aliphatic rings. The lowest BCUT2D eigenvalue weighted by Crippen LogP contribution is -2.41. The molecule has 0 radical (unpaired) electrons. The van der Waals surface area contributed by atoms with Gasteiger partial charge in [0.2, 0.25) is 15.9 Å². The SMILES string of the molecule is O=C(Nc1nn(Cc2ccccc2Cl)cc1Cl)C1CCN(S(=O)(=O)c2ccccc2)CC1. The quantitative estimate of drug-likeness (QED) is 0.556. The second-order valence-corrected chi connectivity index (χ2v) is 10.3. The number of piperidine rings is 1. The molecular weight excluding hydrogens is 471 g/mol. The zero-order chi connectivity index (χ0) is 22.7. The summed E-state index contributed by atoms with van der Waals surface area (Å²) >= 11 is 12.5. The molecule has 3 aromatic rings. The van der Waals surface area contributed by atoms with Crippen molar-refractivity contribution in [3.63, 3.8) is 0 Å². The van der Waals surface area contributed by atoms with Crippen LogP contribution in [0, 0.1) is 5.92 Å². The van der Waals surface area contributed by atoms with Crippen LogP contribution in [0.15, 0.2) is 65.7 Å². The largest absolute Gasteiger partial charge is 0.308 e. The number of nitrogens with one attached hydrogen (secondary N) is 1. The lowest BCUT2D eigenvalue weighted by Gasteiger charge is -2.30. The fourth-order valence-electron chi connectivity index (χ4n) is 3.68. The van der Waals surface area contributed by atoms with Gasteiger partial charge in [0.25, 0.3) is 0 Å². The van der Waals surface area contributed by atoms with Crippen molar-refractivity contribution in [3.05, 3.63) is 76.4 Å². The Kier molecular flexibility index (Phi) is 6.85. The van der Waals surface area contributed by atoms with Crippen molar-refractivity contribution in [2.75, 3.05) is 18.4 Å². The van der Waals surface area contributed by atoms with Gasteiger partial charge in [-0.05, 0) is 36.6 Å². The van der Waals surface area contributed by atoms with Crippen LogP contribution in [0.5, 0.6) is 0 Å². The van der Waals surface area contributed by atoms with Crippen LogP contribution in [-0.2, 0) is 21.4 Å². The molecule has 10 heteroatoms. The first-order valence-electron chi connectivity index (χ1n) is 10.2. The highest BCUT2D eigenvalue weighted by Crippen LogP contribution is 2.27. The van der Waals surface area contributed by atoms with E-state index in [0.717, 1.165) is 5.56 Å². The molecule has 0 saturated carbocycles. The molecule has 0 atom stereocenters. The average molecular weight is 493 g/mol. The van der Waals surface area contributed by atoms with Crippen LogP contribution in [0.4, 0.5) is 5.82 Å². The number of hydrogen-bond acceptors (Lipinski definition) is 4. The first-order valence-corrected chi connectivity index (χ1v) is 12.4. The molecule has 1 N–H and O–H groups in total.